The predicted molar refractivity (Wildman–Crippen MR) is 100 cm³/mol. The lowest BCUT2D eigenvalue weighted by Gasteiger charge is -2.24. The highest BCUT2D eigenvalue weighted by Crippen LogP contribution is 2.33. The average Bonchev–Trinajstić information content (AvgIpc) is 3.27. The first-order valence-electron chi connectivity index (χ1n) is 10.1. The van der Waals surface area contributed by atoms with E-state index in [1.54, 1.807) is 0 Å². The Kier molecular flexibility index (Phi) is 5.25. The molecular formula is C21H29N3O2. The molecule has 3 unspecified atom stereocenters. The molecule has 1 aromatic carbocycles. The number of carbonyl (C=O) groups is 2. The van der Waals surface area contributed by atoms with Crippen molar-refractivity contribution >= 4 is 11.8 Å². The molecule has 1 saturated carbocycles. The number of nitrogens with one attached hydrogen (secondary N) is 2. The molecule has 3 atom stereocenters. The minimum absolute atomic E-state index is 0.0245. The van der Waals surface area contributed by atoms with Gasteiger partial charge in [-0.1, -0.05) is 37.1 Å². The minimum Gasteiger partial charge on any atom is -0.351 e. The molecule has 4 rings (SSSR count). The maximum Gasteiger partial charge on any atom is 0.237 e. The van der Waals surface area contributed by atoms with Gasteiger partial charge in [0.1, 0.15) is 0 Å². The quantitative estimate of drug-likeness (QED) is 0.852. The summed E-state index contributed by atoms with van der Waals surface area (Å²) < 4.78 is 0. The normalized spacial score (nSPS) is 28.2. The Morgan fingerprint density at radius 3 is 2.62 bits per heavy atom. The van der Waals surface area contributed by atoms with Crippen LogP contribution in [0.5, 0.6) is 0 Å². The van der Waals surface area contributed by atoms with E-state index in [-0.39, 0.29) is 17.9 Å². The number of fused-ring (bicyclic) bond motifs is 1. The zero-order chi connectivity index (χ0) is 17.9. The van der Waals surface area contributed by atoms with Crippen LogP contribution in [0, 0.1) is 5.92 Å². The molecule has 0 radical (unpaired) electrons. The van der Waals surface area contributed by atoms with Crippen molar-refractivity contribution in [2.45, 2.75) is 70.1 Å². The van der Waals surface area contributed by atoms with Crippen molar-refractivity contribution in [3.63, 3.8) is 0 Å². The van der Waals surface area contributed by atoms with E-state index in [4.69, 9.17) is 0 Å². The Hall–Kier alpha value is -1.88. The van der Waals surface area contributed by atoms with Gasteiger partial charge in [0.25, 0.3) is 0 Å². The fourth-order valence-corrected chi connectivity index (χ4v) is 4.69. The Bertz CT molecular complexity index is 644. The van der Waals surface area contributed by atoms with E-state index >= 15 is 0 Å². The van der Waals surface area contributed by atoms with Crippen LogP contribution in [-0.2, 0) is 22.7 Å². The molecule has 140 valence electrons. The average molecular weight is 355 g/mol. The summed E-state index contributed by atoms with van der Waals surface area (Å²) in [5.41, 5.74) is 2.25. The van der Waals surface area contributed by atoms with Crippen molar-refractivity contribution < 1.29 is 9.59 Å². The largest absolute Gasteiger partial charge is 0.351 e. The van der Waals surface area contributed by atoms with Crippen LogP contribution in [0.2, 0.25) is 0 Å². The molecule has 2 amide bonds. The summed E-state index contributed by atoms with van der Waals surface area (Å²) in [6.45, 7) is 2.13. The number of nitrogens with zero attached hydrogens (tertiary/aromatic N) is 1. The lowest BCUT2D eigenvalue weighted by molar-refractivity contribution is -0.128. The lowest BCUT2D eigenvalue weighted by Crippen LogP contribution is -2.42. The second kappa shape index (κ2) is 7.78. The predicted octanol–water partition coefficient (Wildman–Crippen LogP) is 2.35. The summed E-state index contributed by atoms with van der Waals surface area (Å²) in [6.07, 6.45) is 7.72. The van der Waals surface area contributed by atoms with Crippen molar-refractivity contribution in [3.8, 4) is 0 Å². The highest BCUT2D eigenvalue weighted by Gasteiger charge is 2.37. The Morgan fingerprint density at radius 1 is 1.12 bits per heavy atom. The molecule has 3 fully saturated rings. The first-order chi connectivity index (χ1) is 12.7. The highest BCUT2D eigenvalue weighted by atomic mass is 16.2. The lowest BCUT2D eigenvalue weighted by atomic mass is 9.85. The number of amides is 2. The molecule has 0 spiro atoms. The Morgan fingerprint density at radius 2 is 1.88 bits per heavy atom. The second-order valence-corrected chi connectivity index (χ2v) is 8.06. The third-order valence-corrected chi connectivity index (χ3v) is 6.21. The number of carbonyl (C=O) groups excluding carboxylic acids is 2. The first kappa shape index (κ1) is 17.5. The van der Waals surface area contributed by atoms with Crippen LogP contribution >= 0.6 is 0 Å². The fourth-order valence-electron chi connectivity index (χ4n) is 4.69. The molecule has 5 nitrogen and oxygen atoms in total. The van der Waals surface area contributed by atoms with Crippen molar-refractivity contribution in [1.82, 2.24) is 15.5 Å². The van der Waals surface area contributed by atoms with Gasteiger partial charge in [0, 0.05) is 32.1 Å². The monoisotopic (exact) mass is 355 g/mol. The van der Waals surface area contributed by atoms with E-state index in [1.165, 1.54) is 25.7 Å². The first-order valence-corrected chi connectivity index (χ1v) is 10.1. The maximum absolute atomic E-state index is 12.5. The number of rotatable bonds is 5. The zero-order valence-corrected chi connectivity index (χ0v) is 15.4. The second-order valence-electron chi connectivity index (χ2n) is 8.06. The molecule has 2 saturated heterocycles. The Labute approximate surface area is 155 Å². The molecular weight excluding hydrogens is 326 g/mol. The van der Waals surface area contributed by atoms with E-state index in [2.05, 4.69) is 34.9 Å². The van der Waals surface area contributed by atoms with Gasteiger partial charge in [-0.15, -0.1) is 0 Å². The molecule has 26 heavy (non-hydrogen) atoms. The van der Waals surface area contributed by atoms with E-state index in [1.807, 2.05) is 4.90 Å². The van der Waals surface area contributed by atoms with E-state index in [0.717, 1.165) is 30.5 Å². The molecule has 2 aliphatic heterocycles. The van der Waals surface area contributed by atoms with Crippen molar-refractivity contribution in [3.05, 3.63) is 35.4 Å². The summed E-state index contributed by atoms with van der Waals surface area (Å²) in [7, 11) is 0. The number of hydrogen-bond donors (Lipinski definition) is 2. The molecule has 0 aromatic heterocycles. The molecule has 1 aliphatic carbocycles. The van der Waals surface area contributed by atoms with Crippen LogP contribution in [0.15, 0.2) is 24.3 Å². The minimum atomic E-state index is -0.0245. The van der Waals surface area contributed by atoms with Gasteiger partial charge < -0.3 is 15.5 Å². The number of likely N-dealkylation sites (tertiary alicyclic amines) is 1. The third kappa shape index (κ3) is 3.93. The fraction of sp³-hybridized carbons (Fsp3) is 0.619. The van der Waals surface area contributed by atoms with Gasteiger partial charge in [0.05, 0.1) is 6.04 Å². The zero-order valence-electron chi connectivity index (χ0n) is 15.4. The standard InChI is InChI=1S/C21H29N3O2/c25-20-6-3-11-24(20)14-16-9-7-15(8-10-16)13-22-21(26)19-12-17-4-1-2-5-18(17)23-19/h7-10,17-19,23H,1-6,11-14H2,(H,22,26). The van der Waals surface area contributed by atoms with Crippen LogP contribution in [0.25, 0.3) is 0 Å². The topological polar surface area (TPSA) is 61.4 Å². The molecule has 5 heteroatoms. The molecule has 0 bridgehead atoms. The van der Waals surface area contributed by atoms with Gasteiger partial charge in [-0.05, 0) is 42.7 Å². The van der Waals surface area contributed by atoms with Crippen LogP contribution in [0.4, 0.5) is 0 Å². The summed E-state index contributed by atoms with van der Waals surface area (Å²) in [4.78, 5) is 26.1. The molecule has 3 aliphatic rings. The number of benzene rings is 1. The highest BCUT2D eigenvalue weighted by molar-refractivity contribution is 5.82. The Balaban J connectivity index is 1.25. The van der Waals surface area contributed by atoms with Gasteiger partial charge in [-0.25, -0.2) is 0 Å². The summed E-state index contributed by atoms with van der Waals surface area (Å²) in [5, 5.41) is 6.62. The molecule has 1 aromatic rings. The third-order valence-electron chi connectivity index (χ3n) is 6.21. The molecule has 2 heterocycles. The summed E-state index contributed by atoms with van der Waals surface area (Å²) in [5.74, 6) is 1.07. The van der Waals surface area contributed by atoms with E-state index in [9.17, 15) is 9.59 Å². The van der Waals surface area contributed by atoms with Crippen LogP contribution in [0.3, 0.4) is 0 Å². The number of hydrogen-bond acceptors (Lipinski definition) is 3. The maximum atomic E-state index is 12.5. The van der Waals surface area contributed by atoms with Gasteiger partial charge in [-0.3, -0.25) is 9.59 Å². The van der Waals surface area contributed by atoms with Crippen LogP contribution in [-0.4, -0.2) is 35.3 Å². The SMILES string of the molecule is O=C(NCc1ccc(CN2CCCC2=O)cc1)C1CC2CCCCC2N1. The van der Waals surface area contributed by atoms with Crippen molar-refractivity contribution in [2.75, 3.05) is 6.54 Å². The van der Waals surface area contributed by atoms with Crippen LogP contribution < -0.4 is 10.6 Å². The van der Waals surface area contributed by atoms with E-state index < -0.39 is 0 Å². The van der Waals surface area contributed by atoms with Gasteiger partial charge in [-0.2, -0.15) is 0 Å². The van der Waals surface area contributed by atoms with Gasteiger partial charge in [0.2, 0.25) is 11.8 Å². The van der Waals surface area contributed by atoms with E-state index in [0.29, 0.717) is 31.5 Å². The van der Waals surface area contributed by atoms with Gasteiger partial charge in [0.15, 0.2) is 0 Å². The smallest absolute Gasteiger partial charge is 0.237 e. The molecule has 2 N–H and O–H groups in total. The summed E-state index contributed by atoms with van der Waals surface area (Å²) in [6, 6.07) is 8.76. The summed E-state index contributed by atoms with van der Waals surface area (Å²) >= 11 is 0. The van der Waals surface area contributed by atoms with Crippen molar-refractivity contribution in [2.24, 2.45) is 5.92 Å². The van der Waals surface area contributed by atoms with Gasteiger partial charge >= 0.3 is 0 Å². The van der Waals surface area contributed by atoms with Crippen molar-refractivity contribution in [1.29, 1.82) is 0 Å². The van der Waals surface area contributed by atoms with Crippen LogP contribution in [0.1, 0.15) is 56.1 Å².